The molecule has 1 aromatic carbocycles. The number of hydrogen-bond acceptors (Lipinski definition) is 1. The molecule has 0 saturated carbocycles. The van der Waals surface area contributed by atoms with Crippen LogP contribution in [0.5, 0.6) is 0 Å². The monoisotopic (exact) mass is 269 g/mol. The van der Waals surface area contributed by atoms with Gasteiger partial charge in [-0.2, -0.15) is 13.2 Å². The van der Waals surface area contributed by atoms with Gasteiger partial charge in [-0.05, 0) is 24.1 Å². The van der Waals surface area contributed by atoms with Gasteiger partial charge < -0.3 is 4.90 Å². The van der Waals surface area contributed by atoms with E-state index < -0.39 is 11.7 Å². The van der Waals surface area contributed by atoms with Crippen LogP contribution in [0.25, 0.3) is 0 Å². The van der Waals surface area contributed by atoms with Gasteiger partial charge in [0.25, 0.3) is 0 Å². The van der Waals surface area contributed by atoms with Gasteiger partial charge in [0.1, 0.15) is 0 Å². The van der Waals surface area contributed by atoms with E-state index in [4.69, 9.17) is 0 Å². The Kier molecular flexibility index (Phi) is 3.64. The van der Waals surface area contributed by atoms with E-state index in [-0.39, 0.29) is 11.9 Å². The minimum Gasteiger partial charge on any atom is -0.332 e. The third-order valence-electron chi connectivity index (χ3n) is 3.25. The Hall–Kier alpha value is -1.78. The Morgan fingerprint density at radius 2 is 2.16 bits per heavy atom. The molecule has 0 radical (unpaired) electrons. The van der Waals surface area contributed by atoms with Gasteiger partial charge in [0.2, 0.25) is 5.91 Å². The predicted octanol–water partition coefficient (Wildman–Crippen LogP) is 3.55. The standard InChI is InChI=1S/C14H14F3NO/c1-2-8-18-12(6-7-13(18)19)10-4-3-5-11(9-10)14(15,16)17/h2-5,9,12H,1,6-8H2. The highest BCUT2D eigenvalue weighted by molar-refractivity contribution is 5.79. The molecule has 1 aliphatic rings. The summed E-state index contributed by atoms with van der Waals surface area (Å²) in [6.07, 6.45) is -1.85. The van der Waals surface area contributed by atoms with E-state index in [0.717, 1.165) is 12.1 Å². The van der Waals surface area contributed by atoms with Crippen LogP contribution < -0.4 is 0 Å². The summed E-state index contributed by atoms with van der Waals surface area (Å²) in [6, 6.07) is 4.90. The van der Waals surface area contributed by atoms with Gasteiger partial charge in [0, 0.05) is 13.0 Å². The smallest absolute Gasteiger partial charge is 0.332 e. The molecular formula is C14H14F3NO. The number of benzene rings is 1. The third kappa shape index (κ3) is 2.80. The molecule has 2 nitrogen and oxygen atoms in total. The number of carbonyl (C=O) groups excluding carboxylic acids is 1. The lowest BCUT2D eigenvalue weighted by Gasteiger charge is -2.24. The van der Waals surface area contributed by atoms with E-state index >= 15 is 0 Å². The topological polar surface area (TPSA) is 20.3 Å². The maximum atomic E-state index is 12.7. The van der Waals surface area contributed by atoms with Crippen molar-refractivity contribution in [3.8, 4) is 0 Å². The molecule has 1 aliphatic heterocycles. The van der Waals surface area contributed by atoms with Crippen LogP contribution in [0.4, 0.5) is 13.2 Å². The van der Waals surface area contributed by atoms with Crippen LogP contribution in [0.2, 0.25) is 0 Å². The van der Waals surface area contributed by atoms with Gasteiger partial charge in [-0.1, -0.05) is 18.2 Å². The molecule has 1 amide bonds. The first-order valence-corrected chi connectivity index (χ1v) is 6.01. The van der Waals surface area contributed by atoms with Crippen molar-refractivity contribution in [1.82, 2.24) is 4.90 Å². The van der Waals surface area contributed by atoms with Crippen LogP contribution in [0, 0.1) is 0 Å². The molecule has 1 fully saturated rings. The molecule has 0 N–H and O–H groups in total. The normalized spacial score (nSPS) is 19.8. The molecule has 1 unspecified atom stereocenters. The van der Waals surface area contributed by atoms with E-state index in [1.807, 2.05) is 0 Å². The highest BCUT2D eigenvalue weighted by atomic mass is 19.4. The van der Waals surface area contributed by atoms with Crippen molar-refractivity contribution < 1.29 is 18.0 Å². The number of halogens is 3. The summed E-state index contributed by atoms with van der Waals surface area (Å²) in [5.74, 6) is -0.0395. The molecule has 5 heteroatoms. The average Bonchev–Trinajstić information content (AvgIpc) is 2.71. The summed E-state index contributed by atoms with van der Waals surface area (Å²) < 4.78 is 38.0. The lowest BCUT2D eigenvalue weighted by molar-refractivity contribution is -0.137. The van der Waals surface area contributed by atoms with E-state index in [0.29, 0.717) is 24.9 Å². The summed E-state index contributed by atoms with van der Waals surface area (Å²) in [5.41, 5.74) is -0.148. The molecule has 1 atom stereocenters. The third-order valence-corrected chi connectivity index (χ3v) is 3.25. The average molecular weight is 269 g/mol. The zero-order valence-corrected chi connectivity index (χ0v) is 10.3. The van der Waals surface area contributed by atoms with E-state index in [1.54, 1.807) is 17.0 Å². The SMILES string of the molecule is C=CCN1C(=O)CCC1c1cccc(C(F)(F)F)c1. The molecule has 1 heterocycles. The zero-order valence-electron chi connectivity index (χ0n) is 10.3. The number of rotatable bonds is 3. The van der Waals surface area contributed by atoms with Gasteiger partial charge >= 0.3 is 6.18 Å². The van der Waals surface area contributed by atoms with Crippen LogP contribution in [0.1, 0.15) is 30.0 Å². The van der Waals surface area contributed by atoms with Gasteiger partial charge in [-0.25, -0.2) is 0 Å². The van der Waals surface area contributed by atoms with Crippen molar-refractivity contribution in [2.24, 2.45) is 0 Å². The Morgan fingerprint density at radius 3 is 2.79 bits per heavy atom. The Morgan fingerprint density at radius 1 is 1.42 bits per heavy atom. The van der Waals surface area contributed by atoms with Crippen LogP contribution in [-0.2, 0) is 11.0 Å². The fourth-order valence-electron chi connectivity index (χ4n) is 2.37. The number of likely N-dealkylation sites (tertiary alicyclic amines) is 1. The van der Waals surface area contributed by atoms with Crippen LogP contribution >= 0.6 is 0 Å². The van der Waals surface area contributed by atoms with Crippen molar-refractivity contribution in [2.45, 2.75) is 25.1 Å². The highest BCUT2D eigenvalue weighted by Gasteiger charge is 2.34. The van der Waals surface area contributed by atoms with Crippen LogP contribution in [0.3, 0.4) is 0 Å². The first-order chi connectivity index (χ1) is 8.93. The summed E-state index contributed by atoms with van der Waals surface area (Å²) in [5, 5.41) is 0. The molecule has 2 rings (SSSR count). The van der Waals surface area contributed by atoms with Crippen molar-refractivity contribution in [3.63, 3.8) is 0 Å². The Balaban J connectivity index is 2.31. The quantitative estimate of drug-likeness (QED) is 0.768. The summed E-state index contributed by atoms with van der Waals surface area (Å²) in [4.78, 5) is 13.3. The lowest BCUT2D eigenvalue weighted by Crippen LogP contribution is -2.27. The molecular weight excluding hydrogens is 255 g/mol. The minimum atomic E-state index is -4.36. The maximum absolute atomic E-state index is 12.7. The van der Waals surface area contributed by atoms with E-state index in [1.165, 1.54) is 6.07 Å². The zero-order chi connectivity index (χ0) is 14.0. The fourth-order valence-corrected chi connectivity index (χ4v) is 2.37. The fraction of sp³-hybridized carbons (Fsp3) is 0.357. The molecule has 0 bridgehead atoms. The van der Waals surface area contributed by atoms with Crippen molar-refractivity contribution in [3.05, 3.63) is 48.0 Å². The first-order valence-electron chi connectivity index (χ1n) is 6.01. The number of amides is 1. The summed E-state index contributed by atoms with van der Waals surface area (Å²) in [6.45, 7) is 3.93. The number of nitrogens with zero attached hydrogens (tertiary/aromatic N) is 1. The second-order valence-corrected chi connectivity index (χ2v) is 4.51. The Labute approximate surface area is 109 Å². The lowest BCUT2D eigenvalue weighted by atomic mass is 10.0. The maximum Gasteiger partial charge on any atom is 0.416 e. The van der Waals surface area contributed by atoms with Crippen molar-refractivity contribution in [1.29, 1.82) is 0 Å². The van der Waals surface area contributed by atoms with E-state index in [9.17, 15) is 18.0 Å². The molecule has 102 valence electrons. The van der Waals surface area contributed by atoms with Crippen molar-refractivity contribution >= 4 is 5.91 Å². The molecule has 0 aliphatic carbocycles. The minimum absolute atomic E-state index is 0.0395. The van der Waals surface area contributed by atoms with Crippen LogP contribution in [-0.4, -0.2) is 17.4 Å². The van der Waals surface area contributed by atoms with Crippen molar-refractivity contribution in [2.75, 3.05) is 6.54 Å². The summed E-state index contributed by atoms with van der Waals surface area (Å²) in [7, 11) is 0. The first kappa shape index (κ1) is 13.6. The van der Waals surface area contributed by atoms with E-state index in [2.05, 4.69) is 6.58 Å². The van der Waals surface area contributed by atoms with Gasteiger partial charge in [-0.15, -0.1) is 6.58 Å². The molecule has 0 aromatic heterocycles. The molecule has 19 heavy (non-hydrogen) atoms. The second-order valence-electron chi connectivity index (χ2n) is 4.51. The number of carbonyl (C=O) groups is 1. The number of alkyl halides is 3. The predicted molar refractivity (Wildman–Crippen MR) is 65.3 cm³/mol. The summed E-state index contributed by atoms with van der Waals surface area (Å²) >= 11 is 0. The molecule has 0 spiro atoms. The van der Waals surface area contributed by atoms with Gasteiger partial charge in [0.05, 0.1) is 11.6 Å². The Bertz CT molecular complexity index is 496. The van der Waals surface area contributed by atoms with Crippen LogP contribution in [0.15, 0.2) is 36.9 Å². The van der Waals surface area contributed by atoms with Gasteiger partial charge in [-0.3, -0.25) is 4.79 Å². The van der Waals surface area contributed by atoms with Gasteiger partial charge in [0.15, 0.2) is 0 Å². The number of hydrogen-bond donors (Lipinski definition) is 0. The highest BCUT2D eigenvalue weighted by Crippen LogP contribution is 2.36. The second kappa shape index (κ2) is 5.07. The molecule has 1 saturated heterocycles. The molecule has 1 aromatic rings. The largest absolute Gasteiger partial charge is 0.416 e.